The Morgan fingerprint density at radius 2 is 2.12 bits per heavy atom. The number of benzene rings is 1. The van der Waals surface area contributed by atoms with Crippen LogP contribution >= 0.6 is 12.2 Å². The molecule has 0 saturated carbocycles. The fourth-order valence-electron chi connectivity index (χ4n) is 3.62. The highest BCUT2D eigenvalue weighted by molar-refractivity contribution is 7.80. The predicted molar refractivity (Wildman–Crippen MR) is 109 cm³/mol. The minimum absolute atomic E-state index is 0.299. The normalized spacial score (nSPS) is 22.2. The van der Waals surface area contributed by atoms with E-state index in [-0.39, 0.29) is 0 Å². The minimum atomic E-state index is 0.299. The maximum Gasteiger partial charge on any atom is 0.169 e. The zero-order valence-electron chi connectivity index (χ0n) is 15.7. The van der Waals surface area contributed by atoms with E-state index in [2.05, 4.69) is 34.5 Å². The van der Waals surface area contributed by atoms with E-state index in [1.165, 1.54) is 18.4 Å². The average Bonchev–Trinajstić information content (AvgIpc) is 3.20. The van der Waals surface area contributed by atoms with Crippen LogP contribution in [0.1, 0.15) is 37.7 Å². The Kier molecular flexibility index (Phi) is 7.32. The molecule has 1 aromatic carbocycles. The van der Waals surface area contributed by atoms with Crippen LogP contribution in [-0.2, 0) is 11.3 Å². The molecule has 0 amide bonds. The van der Waals surface area contributed by atoms with E-state index < -0.39 is 0 Å². The summed E-state index contributed by atoms with van der Waals surface area (Å²) in [5, 5.41) is 4.29. The van der Waals surface area contributed by atoms with Crippen LogP contribution in [0.5, 0.6) is 5.75 Å². The summed E-state index contributed by atoms with van der Waals surface area (Å²) in [5.74, 6) is 1.55. The van der Waals surface area contributed by atoms with Crippen molar-refractivity contribution in [1.82, 2.24) is 10.2 Å². The van der Waals surface area contributed by atoms with Gasteiger partial charge in [0, 0.05) is 26.2 Å². The highest BCUT2D eigenvalue weighted by Gasteiger charge is 2.20. The Balaban J connectivity index is 1.60. The van der Waals surface area contributed by atoms with Gasteiger partial charge in [0.1, 0.15) is 5.75 Å². The van der Waals surface area contributed by atoms with Crippen molar-refractivity contribution in [2.75, 3.05) is 26.8 Å². The van der Waals surface area contributed by atoms with Gasteiger partial charge in [-0.25, -0.2) is 0 Å². The van der Waals surface area contributed by atoms with E-state index in [9.17, 15) is 0 Å². The largest absolute Gasteiger partial charge is 0.497 e. The maximum absolute atomic E-state index is 5.74. The van der Waals surface area contributed by atoms with Crippen LogP contribution in [0.15, 0.2) is 36.4 Å². The van der Waals surface area contributed by atoms with Gasteiger partial charge in [-0.2, -0.15) is 0 Å². The van der Waals surface area contributed by atoms with Gasteiger partial charge in [0.15, 0.2) is 5.11 Å². The SMILES string of the molecule is COc1ccc(CN(CC2CC=CCC2)C(=S)NCC2CCCO2)cc1. The summed E-state index contributed by atoms with van der Waals surface area (Å²) in [5.41, 5.74) is 1.25. The fraction of sp³-hybridized carbons (Fsp3) is 0.571. The van der Waals surface area contributed by atoms with Crippen LogP contribution in [0, 0.1) is 5.92 Å². The van der Waals surface area contributed by atoms with Crippen molar-refractivity contribution in [3.63, 3.8) is 0 Å². The van der Waals surface area contributed by atoms with E-state index in [4.69, 9.17) is 21.7 Å². The molecule has 142 valence electrons. The lowest BCUT2D eigenvalue weighted by atomic mass is 9.94. The Morgan fingerprint density at radius 3 is 2.77 bits per heavy atom. The molecule has 1 saturated heterocycles. The molecular weight excluding hydrogens is 344 g/mol. The van der Waals surface area contributed by atoms with E-state index in [0.717, 1.165) is 56.4 Å². The summed E-state index contributed by atoms with van der Waals surface area (Å²) in [4.78, 5) is 2.32. The number of thiocarbonyl (C=S) groups is 1. The molecule has 1 aliphatic heterocycles. The summed E-state index contributed by atoms with van der Waals surface area (Å²) < 4.78 is 11.0. The van der Waals surface area contributed by atoms with Crippen LogP contribution < -0.4 is 10.1 Å². The van der Waals surface area contributed by atoms with E-state index in [0.29, 0.717) is 12.0 Å². The van der Waals surface area contributed by atoms with Crippen molar-refractivity contribution < 1.29 is 9.47 Å². The lowest BCUT2D eigenvalue weighted by molar-refractivity contribution is 0.113. The van der Waals surface area contributed by atoms with Gasteiger partial charge in [0.2, 0.25) is 0 Å². The van der Waals surface area contributed by atoms with Crippen molar-refractivity contribution in [3.8, 4) is 5.75 Å². The quantitative estimate of drug-likeness (QED) is 0.578. The predicted octanol–water partition coefficient (Wildman–Crippen LogP) is 3.91. The molecule has 26 heavy (non-hydrogen) atoms. The van der Waals surface area contributed by atoms with Gasteiger partial charge < -0.3 is 19.7 Å². The fourth-order valence-corrected chi connectivity index (χ4v) is 3.85. The highest BCUT2D eigenvalue weighted by atomic mass is 32.1. The molecule has 0 spiro atoms. The second-order valence-electron chi connectivity index (χ2n) is 7.20. The van der Waals surface area contributed by atoms with E-state index in [1.807, 2.05) is 12.1 Å². The Hall–Kier alpha value is -1.59. The third kappa shape index (κ3) is 5.71. The molecule has 2 unspecified atom stereocenters. The molecular formula is C21H30N2O2S. The first-order chi connectivity index (χ1) is 12.7. The monoisotopic (exact) mass is 374 g/mol. The summed E-state index contributed by atoms with van der Waals surface area (Å²) in [7, 11) is 1.70. The van der Waals surface area contributed by atoms with Crippen molar-refractivity contribution in [2.24, 2.45) is 5.92 Å². The molecule has 5 heteroatoms. The van der Waals surface area contributed by atoms with Gasteiger partial charge in [0.25, 0.3) is 0 Å². The molecule has 1 fully saturated rings. The van der Waals surface area contributed by atoms with Gasteiger partial charge in [0.05, 0.1) is 13.2 Å². The molecule has 0 bridgehead atoms. The molecule has 1 heterocycles. The van der Waals surface area contributed by atoms with Crippen LogP contribution in [0.3, 0.4) is 0 Å². The Bertz CT molecular complexity index is 597. The van der Waals surface area contributed by atoms with Crippen LogP contribution in [-0.4, -0.2) is 42.9 Å². The Labute approximate surface area is 162 Å². The number of nitrogens with one attached hydrogen (secondary N) is 1. The first-order valence-corrected chi connectivity index (χ1v) is 10.1. The molecule has 0 radical (unpaired) electrons. The first-order valence-electron chi connectivity index (χ1n) is 9.67. The van der Waals surface area contributed by atoms with Gasteiger partial charge in [-0.05, 0) is 67.9 Å². The topological polar surface area (TPSA) is 33.7 Å². The third-order valence-electron chi connectivity index (χ3n) is 5.18. The van der Waals surface area contributed by atoms with Crippen molar-refractivity contribution in [3.05, 3.63) is 42.0 Å². The van der Waals surface area contributed by atoms with Crippen molar-refractivity contribution >= 4 is 17.3 Å². The molecule has 4 nitrogen and oxygen atoms in total. The first kappa shape index (κ1) is 19.2. The number of allylic oxidation sites excluding steroid dienone is 2. The number of nitrogens with zero attached hydrogens (tertiary/aromatic N) is 1. The third-order valence-corrected chi connectivity index (χ3v) is 5.58. The van der Waals surface area contributed by atoms with E-state index >= 15 is 0 Å². The zero-order valence-corrected chi connectivity index (χ0v) is 16.5. The number of rotatable bonds is 7. The van der Waals surface area contributed by atoms with Gasteiger partial charge in [-0.3, -0.25) is 0 Å². The van der Waals surface area contributed by atoms with Crippen molar-refractivity contribution in [2.45, 2.75) is 44.8 Å². The minimum Gasteiger partial charge on any atom is -0.497 e. The lowest BCUT2D eigenvalue weighted by Crippen LogP contribution is -2.44. The van der Waals surface area contributed by atoms with Crippen LogP contribution in [0.2, 0.25) is 0 Å². The second-order valence-corrected chi connectivity index (χ2v) is 7.59. The smallest absolute Gasteiger partial charge is 0.169 e. The van der Waals surface area contributed by atoms with Gasteiger partial charge in [-0.1, -0.05) is 24.3 Å². The second kappa shape index (κ2) is 9.93. The molecule has 1 aliphatic carbocycles. The molecule has 1 aromatic rings. The van der Waals surface area contributed by atoms with Crippen LogP contribution in [0.25, 0.3) is 0 Å². The summed E-state index contributed by atoms with van der Waals surface area (Å²) in [6.07, 6.45) is 10.7. The Morgan fingerprint density at radius 1 is 1.27 bits per heavy atom. The van der Waals surface area contributed by atoms with Crippen LogP contribution in [0.4, 0.5) is 0 Å². The lowest BCUT2D eigenvalue weighted by Gasteiger charge is -2.31. The molecule has 0 aromatic heterocycles. The van der Waals surface area contributed by atoms with Crippen molar-refractivity contribution in [1.29, 1.82) is 0 Å². The number of hydrogen-bond donors (Lipinski definition) is 1. The standard InChI is InChI=1S/C21H30N2O2S/c1-24-19-11-9-18(10-12-19)16-23(15-17-6-3-2-4-7-17)21(26)22-14-20-8-5-13-25-20/h2-3,9-12,17,20H,4-8,13-16H2,1H3,(H,22,26). The number of hydrogen-bond acceptors (Lipinski definition) is 3. The van der Waals surface area contributed by atoms with E-state index in [1.54, 1.807) is 7.11 Å². The van der Waals surface area contributed by atoms with Gasteiger partial charge in [-0.15, -0.1) is 0 Å². The molecule has 1 N–H and O–H groups in total. The summed E-state index contributed by atoms with van der Waals surface area (Å²) in [6.45, 7) is 3.50. The molecule has 3 rings (SSSR count). The number of methoxy groups -OCH3 is 1. The molecule has 2 aliphatic rings. The summed E-state index contributed by atoms with van der Waals surface area (Å²) >= 11 is 5.74. The van der Waals surface area contributed by atoms with Gasteiger partial charge >= 0.3 is 0 Å². The average molecular weight is 375 g/mol. The number of ether oxygens (including phenoxy) is 2. The molecule has 2 atom stereocenters. The maximum atomic E-state index is 5.74. The summed E-state index contributed by atoms with van der Waals surface area (Å²) in [6, 6.07) is 8.27. The zero-order chi connectivity index (χ0) is 18.2. The highest BCUT2D eigenvalue weighted by Crippen LogP contribution is 2.21.